The van der Waals surface area contributed by atoms with Crippen LogP contribution in [0.25, 0.3) is 6.08 Å². The highest BCUT2D eigenvalue weighted by atomic mass is 16.7. The van der Waals surface area contributed by atoms with E-state index in [2.05, 4.69) is 5.32 Å². The lowest BCUT2D eigenvalue weighted by Gasteiger charge is -2.56. The van der Waals surface area contributed by atoms with Crippen LogP contribution in [0.1, 0.15) is 44.1 Å². The molecule has 4 nitrogen and oxygen atoms in total. The van der Waals surface area contributed by atoms with Crippen molar-refractivity contribution in [1.29, 1.82) is 0 Å². The average Bonchev–Trinajstić information content (AvgIpc) is 3.05. The second kappa shape index (κ2) is 5.79. The number of amides is 1. The molecule has 4 saturated carbocycles. The number of benzene rings is 1. The molecule has 0 radical (unpaired) electrons. The van der Waals surface area contributed by atoms with Gasteiger partial charge in [0.05, 0.1) is 0 Å². The van der Waals surface area contributed by atoms with Crippen molar-refractivity contribution in [2.24, 2.45) is 23.2 Å². The molecule has 1 amide bonds. The zero-order valence-corrected chi connectivity index (χ0v) is 14.5. The lowest BCUT2D eigenvalue weighted by molar-refractivity contribution is -0.118. The zero-order chi connectivity index (χ0) is 16.9. The van der Waals surface area contributed by atoms with E-state index in [1.165, 1.54) is 38.5 Å². The summed E-state index contributed by atoms with van der Waals surface area (Å²) in [5.41, 5.74) is 1.34. The summed E-state index contributed by atoms with van der Waals surface area (Å²) < 4.78 is 10.7. The van der Waals surface area contributed by atoms with Gasteiger partial charge in [-0.3, -0.25) is 4.79 Å². The summed E-state index contributed by atoms with van der Waals surface area (Å²) in [4.78, 5) is 12.3. The molecule has 4 fully saturated rings. The van der Waals surface area contributed by atoms with Crippen LogP contribution in [-0.2, 0) is 4.79 Å². The molecule has 1 N–H and O–H groups in total. The van der Waals surface area contributed by atoms with E-state index in [1.807, 2.05) is 24.3 Å². The molecule has 0 unspecified atom stereocenters. The van der Waals surface area contributed by atoms with E-state index in [1.54, 1.807) is 6.08 Å². The molecular formula is C21H25NO3. The van der Waals surface area contributed by atoms with Gasteiger partial charge in [0.15, 0.2) is 11.5 Å². The Morgan fingerprint density at radius 2 is 1.76 bits per heavy atom. The number of carbonyl (C=O) groups excluding carboxylic acids is 1. The van der Waals surface area contributed by atoms with Crippen LogP contribution < -0.4 is 14.8 Å². The summed E-state index contributed by atoms with van der Waals surface area (Å²) in [5.74, 6) is 4.29. The topological polar surface area (TPSA) is 47.6 Å². The highest BCUT2D eigenvalue weighted by molar-refractivity contribution is 5.91. The van der Waals surface area contributed by atoms with Crippen molar-refractivity contribution in [1.82, 2.24) is 5.32 Å². The van der Waals surface area contributed by atoms with Gasteiger partial charge in [0.2, 0.25) is 12.7 Å². The molecule has 4 aliphatic carbocycles. The lowest BCUT2D eigenvalue weighted by atomic mass is 9.49. The van der Waals surface area contributed by atoms with E-state index in [-0.39, 0.29) is 12.7 Å². The van der Waals surface area contributed by atoms with Crippen LogP contribution in [-0.4, -0.2) is 19.2 Å². The normalized spacial score (nSPS) is 34.6. The smallest absolute Gasteiger partial charge is 0.244 e. The van der Waals surface area contributed by atoms with Crippen LogP contribution in [0.5, 0.6) is 11.5 Å². The van der Waals surface area contributed by atoms with Gasteiger partial charge in [0, 0.05) is 12.6 Å². The monoisotopic (exact) mass is 339 g/mol. The summed E-state index contributed by atoms with van der Waals surface area (Å²) in [6.07, 6.45) is 11.8. The van der Waals surface area contributed by atoms with Crippen molar-refractivity contribution in [3.05, 3.63) is 29.8 Å². The first kappa shape index (κ1) is 15.3. The van der Waals surface area contributed by atoms with E-state index < -0.39 is 0 Å². The summed E-state index contributed by atoms with van der Waals surface area (Å²) >= 11 is 0. The van der Waals surface area contributed by atoms with Crippen LogP contribution in [0.15, 0.2) is 24.3 Å². The third-order valence-corrected chi connectivity index (χ3v) is 6.63. The van der Waals surface area contributed by atoms with Crippen molar-refractivity contribution in [3.63, 3.8) is 0 Å². The van der Waals surface area contributed by atoms with Gasteiger partial charge >= 0.3 is 0 Å². The van der Waals surface area contributed by atoms with Crippen molar-refractivity contribution in [3.8, 4) is 11.5 Å². The minimum absolute atomic E-state index is 0.00779. The van der Waals surface area contributed by atoms with E-state index in [9.17, 15) is 4.79 Å². The quantitative estimate of drug-likeness (QED) is 0.850. The Morgan fingerprint density at radius 1 is 1.08 bits per heavy atom. The zero-order valence-electron chi connectivity index (χ0n) is 14.5. The fraction of sp³-hybridized carbons (Fsp3) is 0.571. The van der Waals surface area contributed by atoms with Gasteiger partial charge in [-0.2, -0.15) is 0 Å². The number of carbonyl (C=O) groups is 1. The number of fused-ring (bicyclic) bond motifs is 1. The first-order valence-electron chi connectivity index (χ1n) is 9.53. The number of nitrogens with one attached hydrogen (secondary N) is 1. The maximum atomic E-state index is 12.3. The predicted octanol–water partition coefficient (Wildman–Crippen LogP) is 3.76. The number of rotatable bonds is 4. The fourth-order valence-corrected chi connectivity index (χ4v) is 6.03. The van der Waals surface area contributed by atoms with Gasteiger partial charge in [-0.1, -0.05) is 6.07 Å². The van der Waals surface area contributed by atoms with Gasteiger partial charge in [-0.25, -0.2) is 0 Å². The molecule has 1 aromatic carbocycles. The molecule has 0 spiro atoms. The molecular weight excluding hydrogens is 314 g/mol. The SMILES string of the molecule is O=C(/C=C/c1ccc2c(c1)OCO2)NCC12CC3CC(CC(C3)C1)C2. The highest BCUT2D eigenvalue weighted by Crippen LogP contribution is 2.59. The Labute approximate surface area is 148 Å². The third-order valence-electron chi connectivity index (χ3n) is 6.63. The second-order valence-corrected chi connectivity index (χ2v) is 8.58. The van der Waals surface area contributed by atoms with E-state index >= 15 is 0 Å². The molecule has 0 aromatic heterocycles. The van der Waals surface area contributed by atoms with Crippen LogP contribution in [0, 0.1) is 23.2 Å². The van der Waals surface area contributed by atoms with Crippen LogP contribution in [0.4, 0.5) is 0 Å². The second-order valence-electron chi connectivity index (χ2n) is 8.58. The molecule has 4 heteroatoms. The molecule has 132 valence electrons. The molecule has 5 aliphatic rings. The molecule has 4 bridgehead atoms. The fourth-order valence-electron chi connectivity index (χ4n) is 6.03. The average molecular weight is 339 g/mol. The molecule has 25 heavy (non-hydrogen) atoms. The third kappa shape index (κ3) is 2.92. The van der Waals surface area contributed by atoms with Gasteiger partial charge in [-0.05, 0) is 85.5 Å². The van der Waals surface area contributed by atoms with Crippen molar-refractivity contribution >= 4 is 12.0 Å². The van der Waals surface area contributed by atoms with Crippen LogP contribution in [0.3, 0.4) is 0 Å². The van der Waals surface area contributed by atoms with Crippen molar-refractivity contribution in [2.45, 2.75) is 38.5 Å². The predicted molar refractivity (Wildman–Crippen MR) is 95.2 cm³/mol. The Morgan fingerprint density at radius 3 is 2.48 bits per heavy atom. The molecule has 1 aromatic rings. The number of hydrogen-bond acceptors (Lipinski definition) is 3. The molecule has 1 heterocycles. The Bertz CT molecular complexity index is 689. The Hall–Kier alpha value is -1.97. The standard InChI is InChI=1S/C21H25NO3/c23-20(4-2-14-1-3-18-19(8-14)25-13-24-18)22-12-21-9-15-5-16(10-21)7-17(6-15)11-21/h1-4,8,15-17H,5-7,9-13H2,(H,22,23)/b4-2+. The van der Waals surface area contributed by atoms with Gasteiger partial charge in [-0.15, -0.1) is 0 Å². The minimum Gasteiger partial charge on any atom is -0.454 e. The molecule has 6 rings (SSSR count). The highest BCUT2D eigenvalue weighted by Gasteiger charge is 2.50. The number of hydrogen-bond donors (Lipinski definition) is 1. The van der Waals surface area contributed by atoms with Gasteiger partial charge in [0.25, 0.3) is 0 Å². The first-order chi connectivity index (χ1) is 12.2. The number of ether oxygens (including phenoxy) is 2. The summed E-state index contributed by atoms with van der Waals surface area (Å²) in [5, 5.41) is 3.18. The van der Waals surface area contributed by atoms with Crippen LogP contribution >= 0.6 is 0 Å². The van der Waals surface area contributed by atoms with Gasteiger partial charge in [0.1, 0.15) is 0 Å². The summed E-state index contributed by atoms with van der Waals surface area (Å²) in [7, 11) is 0. The molecule has 0 saturated heterocycles. The van der Waals surface area contributed by atoms with Crippen LogP contribution in [0.2, 0.25) is 0 Å². The minimum atomic E-state index is 0.00779. The van der Waals surface area contributed by atoms with Gasteiger partial charge < -0.3 is 14.8 Å². The van der Waals surface area contributed by atoms with Crippen molar-refractivity contribution < 1.29 is 14.3 Å². The summed E-state index contributed by atoms with van der Waals surface area (Å²) in [6, 6.07) is 5.73. The van der Waals surface area contributed by atoms with E-state index in [0.29, 0.717) is 5.41 Å². The Kier molecular flexibility index (Phi) is 3.54. The maximum Gasteiger partial charge on any atom is 0.244 e. The van der Waals surface area contributed by atoms with E-state index in [0.717, 1.165) is 41.4 Å². The maximum absolute atomic E-state index is 12.3. The van der Waals surface area contributed by atoms with Crippen molar-refractivity contribution in [2.75, 3.05) is 13.3 Å². The first-order valence-corrected chi connectivity index (χ1v) is 9.53. The largest absolute Gasteiger partial charge is 0.454 e. The molecule has 1 aliphatic heterocycles. The Balaban J connectivity index is 1.20. The molecule has 0 atom stereocenters. The lowest BCUT2D eigenvalue weighted by Crippen LogP contribution is -2.51. The van der Waals surface area contributed by atoms with E-state index in [4.69, 9.17) is 9.47 Å². The summed E-state index contributed by atoms with van der Waals surface area (Å²) in [6.45, 7) is 1.12.